The van der Waals surface area contributed by atoms with Gasteiger partial charge in [0.15, 0.2) is 0 Å². The fourth-order valence-electron chi connectivity index (χ4n) is 3.32. The number of benzene rings is 1. The molecule has 3 rings (SSSR count). The van der Waals surface area contributed by atoms with Gasteiger partial charge in [0.1, 0.15) is 5.75 Å². The molecule has 2 heterocycles. The number of carbonyl (C=O) groups excluding carboxylic acids is 1. The van der Waals surface area contributed by atoms with Gasteiger partial charge in [-0.2, -0.15) is 8.78 Å². The van der Waals surface area contributed by atoms with Gasteiger partial charge < -0.3 is 15.0 Å². The van der Waals surface area contributed by atoms with E-state index in [-0.39, 0.29) is 23.3 Å². The second kappa shape index (κ2) is 5.97. The average molecular weight is 296 g/mol. The van der Waals surface area contributed by atoms with Crippen LogP contribution in [-0.4, -0.2) is 43.1 Å². The third-order valence-corrected chi connectivity index (χ3v) is 4.27. The minimum Gasteiger partial charge on any atom is -0.434 e. The van der Waals surface area contributed by atoms with E-state index in [2.05, 4.69) is 10.1 Å². The number of nitrogens with zero attached hydrogens (tertiary/aromatic N) is 1. The number of nitrogens with one attached hydrogen (secondary N) is 1. The standard InChI is InChI=1S/C15H18F2N2O2/c16-15(17)21-13-6-2-1-5-11(13)14(20)19-7-3-4-10-8-18-9-12(10)19/h1-2,5-6,10,12,15,18H,3-4,7-9H2. The fraction of sp³-hybridized carbons (Fsp3) is 0.533. The summed E-state index contributed by atoms with van der Waals surface area (Å²) in [7, 11) is 0. The zero-order valence-electron chi connectivity index (χ0n) is 11.6. The van der Waals surface area contributed by atoms with Crippen molar-refractivity contribution in [3.05, 3.63) is 29.8 Å². The zero-order chi connectivity index (χ0) is 14.8. The third kappa shape index (κ3) is 2.85. The molecule has 0 spiro atoms. The molecule has 2 unspecified atom stereocenters. The number of halogens is 2. The van der Waals surface area contributed by atoms with Crippen LogP contribution in [0.3, 0.4) is 0 Å². The lowest BCUT2D eigenvalue weighted by Crippen LogP contribution is -2.48. The maximum absolute atomic E-state index is 12.7. The Hall–Kier alpha value is -1.69. The number of fused-ring (bicyclic) bond motifs is 1. The van der Waals surface area contributed by atoms with E-state index in [1.807, 2.05) is 4.90 Å². The van der Waals surface area contributed by atoms with Crippen LogP contribution in [0.1, 0.15) is 23.2 Å². The van der Waals surface area contributed by atoms with Gasteiger partial charge in [-0.15, -0.1) is 0 Å². The molecule has 0 saturated carbocycles. The van der Waals surface area contributed by atoms with Gasteiger partial charge in [0, 0.05) is 25.7 Å². The molecule has 0 radical (unpaired) electrons. The molecule has 1 amide bonds. The number of carbonyl (C=O) groups is 1. The van der Waals surface area contributed by atoms with Crippen molar-refractivity contribution in [2.75, 3.05) is 19.6 Å². The lowest BCUT2D eigenvalue weighted by atomic mass is 9.91. The third-order valence-electron chi connectivity index (χ3n) is 4.27. The number of alkyl halides is 2. The summed E-state index contributed by atoms with van der Waals surface area (Å²) in [4.78, 5) is 14.5. The van der Waals surface area contributed by atoms with Crippen LogP contribution < -0.4 is 10.1 Å². The predicted octanol–water partition coefficient (Wildman–Crippen LogP) is 2.11. The Bertz CT molecular complexity index is 524. The minimum absolute atomic E-state index is 0.0504. The number of likely N-dealkylation sites (tertiary alicyclic amines) is 1. The summed E-state index contributed by atoms with van der Waals surface area (Å²) in [5, 5.41) is 3.30. The van der Waals surface area contributed by atoms with Gasteiger partial charge >= 0.3 is 6.61 Å². The highest BCUT2D eigenvalue weighted by Gasteiger charge is 2.38. The van der Waals surface area contributed by atoms with Crippen molar-refractivity contribution in [1.82, 2.24) is 10.2 Å². The van der Waals surface area contributed by atoms with Gasteiger partial charge in [-0.1, -0.05) is 12.1 Å². The first-order valence-electron chi connectivity index (χ1n) is 7.22. The molecule has 6 heteroatoms. The van der Waals surface area contributed by atoms with Crippen LogP contribution in [0.25, 0.3) is 0 Å². The summed E-state index contributed by atoms with van der Waals surface area (Å²) in [6.07, 6.45) is 2.06. The molecule has 2 aliphatic rings. The van der Waals surface area contributed by atoms with E-state index in [1.165, 1.54) is 6.07 Å². The molecular formula is C15H18F2N2O2. The Morgan fingerprint density at radius 3 is 2.95 bits per heavy atom. The van der Waals surface area contributed by atoms with Gasteiger partial charge in [-0.05, 0) is 30.9 Å². The molecule has 4 nitrogen and oxygen atoms in total. The van der Waals surface area contributed by atoms with E-state index in [9.17, 15) is 13.6 Å². The largest absolute Gasteiger partial charge is 0.434 e. The van der Waals surface area contributed by atoms with Gasteiger partial charge in [0.2, 0.25) is 0 Å². The van der Waals surface area contributed by atoms with Gasteiger partial charge in [-0.25, -0.2) is 0 Å². The molecule has 1 N–H and O–H groups in total. The summed E-state index contributed by atoms with van der Waals surface area (Å²) in [5.41, 5.74) is 0.213. The number of para-hydroxylation sites is 1. The number of hydrogen-bond donors (Lipinski definition) is 1. The highest BCUT2D eigenvalue weighted by Crippen LogP contribution is 2.30. The van der Waals surface area contributed by atoms with Crippen molar-refractivity contribution in [3.63, 3.8) is 0 Å². The number of hydrogen-bond acceptors (Lipinski definition) is 3. The first-order chi connectivity index (χ1) is 10.2. The Balaban J connectivity index is 1.84. The molecule has 2 saturated heterocycles. The van der Waals surface area contributed by atoms with Crippen molar-refractivity contribution in [2.24, 2.45) is 5.92 Å². The Morgan fingerprint density at radius 2 is 2.14 bits per heavy atom. The van der Waals surface area contributed by atoms with Gasteiger partial charge in [-0.3, -0.25) is 4.79 Å². The Kier molecular flexibility index (Phi) is 4.05. The van der Waals surface area contributed by atoms with E-state index in [0.29, 0.717) is 12.5 Å². The number of rotatable bonds is 3. The number of ether oxygens (including phenoxy) is 1. The summed E-state index contributed by atoms with van der Waals surface area (Å²) >= 11 is 0. The lowest BCUT2D eigenvalue weighted by Gasteiger charge is -2.37. The molecular weight excluding hydrogens is 278 g/mol. The lowest BCUT2D eigenvalue weighted by molar-refractivity contribution is -0.0503. The van der Waals surface area contributed by atoms with Crippen molar-refractivity contribution in [2.45, 2.75) is 25.5 Å². The molecule has 1 aromatic rings. The molecule has 2 atom stereocenters. The van der Waals surface area contributed by atoms with E-state index < -0.39 is 6.61 Å². The SMILES string of the molecule is O=C(c1ccccc1OC(F)F)N1CCCC2CNCC21. The summed E-state index contributed by atoms with van der Waals surface area (Å²) in [6.45, 7) is -0.566. The fourth-order valence-corrected chi connectivity index (χ4v) is 3.32. The van der Waals surface area contributed by atoms with Crippen LogP contribution in [0.4, 0.5) is 8.78 Å². The number of amides is 1. The molecule has 2 aliphatic heterocycles. The summed E-state index contributed by atoms with van der Waals surface area (Å²) in [6, 6.07) is 6.37. The van der Waals surface area contributed by atoms with E-state index in [4.69, 9.17) is 0 Å². The first kappa shape index (κ1) is 14.3. The maximum Gasteiger partial charge on any atom is 0.387 e. The van der Waals surface area contributed by atoms with Crippen LogP contribution in [0, 0.1) is 5.92 Å². The second-order valence-corrected chi connectivity index (χ2v) is 5.50. The van der Waals surface area contributed by atoms with Crippen molar-refractivity contribution < 1.29 is 18.3 Å². The highest BCUT2D eigenvalue weighted by atomic mass is 19.3. The normalized spacial score (nSPS) is 25.0. The quantitative estimate of drug-likeness (QED) is 0.929. The van der Waals surface area contributed by atoms with Crippen molar-refractivity contribution in [1.29, 1.82) is 0 Å². The van der Waals surface area contributed by atoms with Crippen LogP contribution in [0.5, 0.6) is 5.75 Å². The van der Waals surface area contributed by atoms with Crippen LogP contribution >= 0.6 is 0 Å². The molecule has 0 aliphatic carbocycles. The highest BCUT2D eigenvalue weighted by molar-refractivity contribution is 5.97. The molecule has 1 aromatic carbocycles. The topological polar surface area (TPSA) is 41.6 Å². The zero-order valence-corrected chi connectivity index (χ0v) is 11.6. The van der Waals surface area contributed by atoms with E-state index >= 15 is 0 Å². The molecule has 21 heavy (non-hydrogen) atoms. The van der Waals surface area contributed by atoms with Crippen molar-refractivity contribution >= 4 is 5.91 Å². The maximum atomic E-state index is 12.7. The monoisotopic (exact) mass is 296 g/mol. The second-order valence-electron chi connectivity index (χ2n) is 5.50. The van der Waals surface area contributed by atoms with E-state index in [0.717, 1.165) is 25.9 Å². The molecule has 114 valence electrons. The molecule has 2 fully saturated rings. The molecule has 0 aromatic heterocycles. The van der Waals surface area contributed by atoms with Gasteiger partial charge in [0.05, 0.1) is 5.56 Å². The summed E-state index contributed by atoms with van der Waals surface area (Å²) < 4.78 is 29.4. The van der Waals surface area contributed by atoms with E-state index in [1.54, 1.807) is 18.2 Å². The molecule has 0 bridgehead atoms. The van der Waals surface area contributed by atoms with Gasteiger partial charge in [0.25, 0.3) is 5.91 Å². The van der Waals surface area contributed by atoms with Crippen molar-refractivity contribution in [3.8, 4) is 5.75 Å². The predicted molar refractivity (Wildman–Crippen MR) is 73.5 cm³/mol. The number of piperidine rings is 1. The first-order valence-corrected chi connectivity index (χ1v) is 7.22. The van der Waals surface area contributed by atoms with Crippen LogP contribution in [0.15, 0.2) is 24.3 Å². The Labute approximate surface area is 122 Å². The average Bonchev–Trinajstić information content (AvgIpc) is 2.95. The van der Waals surface area contributed by atoms with Crippen LogP contribution in [0.2, 0.25) is 0 Å². The smallest absolute Gasteiger partial charge is 0.387 e. The minimum atomic E-state index is -2.93. The van der Waals surface area contributed by atoms with Crippen LogP contribution in [-0.2, 0) is 0 Å². The summed E-state index contributed by atoms with van der Waals surface area (Å²) in [5.74, 6) is 0.195. The Morgan fingerprint density at radius 1 is 1.33 bits per heavy atom.